The van der Waals surface area contributed by atoms with Crippen LogP contribution in [0.1, 0.15) is 11.3 Å². The fraction of sp³-hybridized carbons (Fsp3) is 0.158. The van der Waals surface area contributed by atoms with Crippen molar-refractivity contribution in [2.45, 2.75) is 13.8 Å². The fourth-order valence-corrected chi connectivity index (χ4v) is 2.66. The summed E-state index contributed by atoms with van der Waals surface area (Å²) in [5.74, 6) is 0.871. The van der Waals surface area contributed by atoms with Gasteiger partial charge in [-0.05, 0) is 49.7 Å². The van der Waals surface area contributed by atoms with E-state index in [0.29, 0.717) is 0 Å². The predicted octanol–water partition coefficient (Wildman–Crippen LogP) is 4.77. The van der Waals surface area contributed by atoms with Gasteiger partial charge in [0.2, 0.25) is 0 Å². The number of benzene rings is 2. The lowest BCUT2D eigenvalue weighted by molar-refractivity contribution is 0.414. The van der Waals surface area contributed by atoms with Crippen LogP contribution in [-0.2, 0) is 0 Å². The maximum Gasteiger partial charge on any atom is 0.120 e. The lowest BCUT2D eigenvalue weighted by Gasteiger charge is -2.13. The first kappa shape index (κ1) is 13.5. The molecule has 2 heteroatoms. The van der Waals surface area contributed by atoms with Gasteiger partial charge in [0.05, 0.1) is 12.8 Å². The molecule has 1 aromatic heterocycles. The van der Waals surface area contributed by atoms with Gasteiger partial charge in [-0.3, -0.25) is 0 Å². The van der Waals surface area contributed by atoms with E-state index in [4.69, 9.17) is 4.74 Å². The van der Waals surface area contributed by atoms with Crippen LogP contribution in [0.25, 0.3) is 16.9 Å². The molecule has 21 heavy (non-hydrogen) atoms. The molecule has 0 N–H and O–H groups in total. The van der Waals surface area contributed by atoms with Crippen LogP contribution in [0.3, 0.4) is 0 Å². The van der Waals surface area contributed by atoms with Crippen molar-refractivity contribution < 1.29 is 4.74 Å². The van der Waals surface area contributed by atoms with Gasteiger partial charge in [0, 0.05) is 17.4 Å². The molecule has 2 nitrogen and oxygen atoms in total. The summed E-state index contributed by atoms with van der Waals surface area (Å²) in [7, 11) is 1.70. The first-order chi connectivity index (χ1) is 10.2. The van der Waals surface area contributed by atoms with Gasteiger partial charge in [-0.2, -0.15) is 0 Å². The van der Waals surface area contributed by atoms with E-state index in [1.54, 1.807) is 7.11 Å². The largest absolute Gasteiger partial charge is 0.497 e. The Bertz CT molecular complexity index is 771. The molecule has 1 heterocycles. The lowest BCUT2D eigenvalue weighted by Crippen LogP contribution is -1.99. The molecular weight excluding hydrogens is 258 g/mol. The van der Waals surface area contributed by atoms with Crippen LogP contribution < -0.4 is 4.74 Å². The van der Waals surface area contributed by atoms with Gasteiger partial charge in [-0.25, -0.2) is 0 Å². The summed E-state index contributed by atoms with van der Waals surface area (Å²) >= 11 is 0. The summed E-state index contributed by atoms with van der Waals surface area (Å²) < 4.78 is 7.61. The first-order valence-corrected chi connectivity index (χ1v) is 7.09. The molecule has 0 saturated heterocycles. The molecule has 0 bridgehead atoms. The number of hydrogen-bond donors (Lipinski definition) is 0. The number of aryl methyl sites for hydroxylation is 2. The third kappa shape index (κ3) is 2.57. The number of rotatable bonds is 3. The van der Waals surface area contributed by atoms with E-state index < -0.39 is 0 Å². The number of ether oxygens (including phenoxy) is 1. The molecule has 2 aromatic carbocycles. The van der Waals surface area contributed by atoms with Gasteiger partial charge in [-0.1, -0.05) is 29.8 Å². The van der Waals surface area contributed by atoms with E-state index in [1.165, 1.54) is 22.5 Å². The van der Waals surface area contributed by atoms with E-state index >= 15 is 0 Å². The standard InChI is InChI=1S/C19H19NO/c1-14-6-4-7-16(12-14)19-11-10-15(2)20(19)17-8-5-9-18(13-17)21-3/h4-13H,1-3H3. The Morgan fingerprint density at radius 3 is 2.43 bits per heavy atom. The molecule has 0 aliphatic heterocycles. The molecule has 3 rings (SSSR count). The van der Waals surface area contributed by atoms with Gasteiger partial charge >= 0.3 is 0 Å². The third-order valence-corrected chi connectivity index (χ3v) is 3.70. The first-order valence-electron chi connectivity index (χ1n) is 7.09. The summed E-state index contributed by atoms with van der Waals surface area (Å²) in [6.07, 6.45) is 0. The van der Waals surface area contributed by atoms with E-state index in [1.807, 2.05) is 12.1 Å². The highest BCUT2D eigenvalue weighted by Crippen LogP contribution is 2.28. The van der Waals surface area contributed by atoms with Crippen molar-refractivity contribution in [3.05, 3.63) is 71.9 Å². The van der Waals surface area contributed by atoms with Gasteiger partial charge in [0.15, 0.2) is 0 Å². The Kier molecular flexibility index (Phi) is 3.53. The maximum atomic E-state index is 5.34. The monoisotopic (exact) mass is 277 g/mol. The SMILES string of the molecule is COc1cccc(-n2c(C)ccc2-c2cccc(C)c2)c1. The van der Waals surface area contributed by atoms with Crippen LogP contribution in [0.4, 0.5) is 0 Å². The van der Waals surface area contributed by atoms with Gasteiger partial charge < -0.3 is 9.30 Å². The molecule has 0 spiro atoms. The van der Waals surface area contributed by atoms with Crippen LogP contribution in [0.15, 0.2) is 60.7 Å². The Labute approximate surface area is 125 Å². The molecular formula is C19H19NO. The number of methoxy groups -OCH3 is 1. The summed E-state index contributed by atoms with van der Waals surface area (Å²) in [6, 6.07) is 21.1. The van der Waals surface area contributed by atoms with Gasteiger partial charge in [0.1, 0.15) is 5.75 Å². The quantitative estimate of drug-likeness (QED) is 0.672. The highest BCUT2D eigenvalue weighted by molar-refractivity contribution is 5.65. The lowest BCUT2D eigenvalue weighted by atomic mass is 10.1. The molecule has 0 fully saturated rings. The topological polar surface area (TPSA) is 14.2 Å². The van der Waals surface area contributed by atoms with Crippen LogP contribution in [0.2, 0.25) is 0 Å². The Morgan fingerprint density at radius 1 is 0.857 bits per heavy atom. The molecule has 3 aromatic rings. The van der Waals surface area contributed by atoms with Crippen LogP contribution >= 0.6 is 0 Å². The van der Waals surface area contributed by atoms with Gasteiger partial charge in [-0.15, -0.1) is 0 Å². The fourth-order valence-electron chi connectivity index (χ4n) is 2.66. The third-order valence-electron chi connectivity index (χ3n) is 3.70. The summed E-state index contributed by atoms with van der Waals surface area (Å²) in [6.45, 7) is 4.24. The van der Waals surface area contributed by atoms with E-state index in [-0.39, 0.29) is 0 Å². The molecule has 0 saturated carbocycles. The molecule has 0 unspecified atom stereocenters. The van der Waals surface area contributed by atoms with E-state index in [2.05, 4.69) is 66.9 Å². The number of aromatic nitrogens is 1. The zero-order chi connectivity index (χ0) is 14.8. The summed E-state index contributed by atoms with van der Waals surface area (Å²) in [4.78, 5) is 0. The average molecular weight is 277 g/mol. The second-order valence-electron chi connectivity index (χ2n) is 5.27. The van der Waals surface area contributed by atoms with Crippen molar-refractivity contribution in [3.63, 3.8) is 0 Å². The summed E-state index contributed by atoms with van der Waals surface area (Å²) in [5.41, 5.74) is 6.02. The molecule has 0 aliphatic rings. The van der Waals surface area contributed by atoms with Crippen molar-refractivity contribution in [1.82, 2.24) is 4.57 Å². The summed E-state index contributed by atoms with van der Waals surface area (Å²) in [5, 5.41) is 0. The zero-order valence-corrected chi connectivity index (χ0v) is 12.6. The minimum absolute atomic E-state index is 0.871. The van der Waals surface area contributed by atoms with Crippen molar-refractivity contribution >= 4 is 0 Å². The minimum Gasteiger partial charge on any atom is -0.497 e. The van der Waals surface area contributed by atoms with Crippen LogP contribution in [-0.4, -0.2) is 11.7 Å². The highest BCUT2D eigenvalue weighted by Gasteiger charge is 2.10. The van der Waals surface area contributed by atoms with Crippen molar-refractivity contribution in [2.24, 2.45) is 0 Å². The zero-order valence-electron chi connectivity index (χ0n) is 12.6. The number of hydrogen-bond acceptors (Lipinski definition) is 1. The smallest absolute Gasteiger partial charge is 0.120 e. The second kappa shape index (κ2) is 5.49. The van der Waals surface area contributed by atoms with E-state index in [9.17, 15) is 0 Å². The number of nitrogens with zero attached hydrogens (tertiary/aromatic N) is 1. The maximum absolute atomic E-state index is 5.34. The van der Waals surface area contributed by atoms with Crippen molar-refractivity contribution in [3.8, 4) is 22.7 Å². The Morgan fingerprint density at radius 2 is 1.67 bits per heavy atom. The molecule has 0 amide bonds. The van der Waals surface area contributed by atoms with Crippen molar-refractivity contribution in [1.29, 1.82) is 0 Å². The molecule has 0 aliphatic carbocycles. The normalized spacial score (nSPS) is 10.6. The molecule has 0 radical (unpaired) electrons. The van der Waals surface area contributed by atoms with Crippen LogP contribution in [0.5, 0.6) is 5.75 Å². The average Bonchev–Trinajstić information content (AvgIpc) is 2.89. The second-order valence-corrected chi connectivity index (χ2v) is 5.27. The highest BCUT2D eigenvalue weighted by atomic mass is 16.5. The Balaban J connectivity index is 2.17. The minimum atomic E-state index is 0.871. The van der Waals surface area contributed by atoms with Gasteiger partial charge in [0.25, 0.3) is 0 Å². The predicted molar refractivity (Wildman–Crippen MR) is 87.2 cm³/mol. The molecule has 0 atom stereocenters. The van der Waals surface area contributed by atoms with Crippen LogP contribution in [0, 0.1) is 13.8 Å². The van der Waals surface area contributed by atoms with E-state index in [0.717, 1.165) is 11.4 Å². The molecule has 106 valence electrons. The van der Waals surface area contributed by atoms with Crippen molar-refractivity contribution in [2.75, 3.05) is 7.11 Å². The Hall–Kier alpha value is -2.48.